The average Bonchev–Trinajstić information content (AvgIpc) is 3.20. The molecular formula is C23H23FN4O5S. The highest BCUT2D eigenvalue weighted by molar-refractivity contribution is 7.92. The van der Waals surface area contributed by atoms with Crippen molar-refractivity contribution in [1.82, 2.24) is 10.2 Å². The van der Waals surface area contributed by atoms with Gasteiger partial charge < -0.3 is 19.9 Å². The van der Waals surface area contributed by atoms with Gasteiger partial charge in [0.1, 0.15) is 28.8 Å². The predicted octanol–water partition coefficient (Wildman–Crippen LogP) is 3.79. The van der Waals surface area contributed by atoms with Crippen LogP contribution in [0.1, 0.15) is 0 Å². The fraction of sp³-hybridized carbons (Fsp3) is 0.174. The molecule has 0 fully saturated rings. The van der Waals surface area contributed by atoms with Crippen molar-refractivity contribution in [3.8, 4) is 22.6 Å². The summed E-state index contributed by atoms with van der Waals surface area (Å²) in [5, 5.41) is 7.60. The largest absolute Gasteiger partial charge is 0.497 e. The Morgan fingerprint density at radius 2 is 1.79 bits per heavy atom. The van der Waals surface area contributed by atoms with Crippen LogP contribution in [0.15, 0.2) is 59.5 Å². The predicted molar refractivity (Wildman–Crippen MR) is 127 cm³/mol. The molecule has 0 radical (unpaired) electrons. The number of H-pyrrole nitrogens is 1. The van der Waals surface area contributed by atoms with Crippen LogP contribution >= 0.6 is 0 Å². The first-order valence-electron chi connectivity index (χ1n) is 10.2. The number of sulfonamides is 1. The summed E-state index contributed by atoms with van der Waals surface area (Å²) in [6.07, 6.45) is 0. The third kappa shape index (κ3) is 4.75. The number of halogens is 1. The smallest absolute Gasteiger partial charge is 0.264 e. The Bertz CT molecular complexity index is 1420. The number of benzene rings is 3. The lowest BCUT2D eigenvalue weighted by Crippen LogP contribution is -2.14. The van der Waals surface area contributed by atoms with Gasteiger partial charge in [0, 0.05) is 18.9 Å². The van der Waals surface area contributed by atoms with Gasteiger partial charge in [-0.25, -0.2) is 12.8 Å². The molecule has 34 heavy (non-hydrogen) atoms. The summed E-state index contributed by atoms with van der Waals surface area (Å²) in [5.74, 6) is 0.228. The number of fused-ring (bicyclic) bond motifs is 1. The van der Waals surface area contributed by atoms with Gasteiger partial charge in [0.15, 0.2) is 5.82 Å². The van der Waals surface area contributed by atoms with Crippen molar-refractivity contribution in [2.45, 2.75) is 4.90 Å². The number of hydrogen-bond donors (Lipinski definition) is 3. The van der Waals surface area contributed by atoms with Crippen LogP contribution in [0.5, 0.6) is 11.5 Å². The van der Waals surface area contributed by atoms with Gasteiger partial charge in [0.05, 0.1) is 24.6 Å². The second-order valence-corrected chi connectivity index (χ2v) is 8.98. The third-order valence-electron chi connectivity index (χ3n) is 5.10. The molecule has 0 aliphatic rings. The van der Waals surface area contributed by atoms with E-state index in [9.17, 15) is 12.8 Å². The van der Waals surface area contributed by atoms with Crippen LogP contribution in [-0.4, -0.2) is 46.0 Å². The molecule has 0 saturated carbocycles. The van der Waals surface area contributed by atoms with Crippen LogP contribution in [-0.2, 0) is 14.8 Å². The third-order valence-corrected chi connectivity index (χ3v) is 6.49. The van der Waals surface area contributed by atoms with Crippen LogP contribution in [0.3, 0.4) is 0 Å². The second kappa shape index (κ2) is 9.57. The van der Waals surface area contributed by atoms with Gasteiger partial charge in [-0.2, -0.15) is 5.10 Å². The minimum Gasteiger partial charge on any atom is -0.497 e. The Labute approximate surface area is 195 Å². The Morgan fingerprint density at radius 1 is 1.03 bits per heavy atom. The first-order chi connectivity index (χ1) is 16.3. The maximum atomic E-state index is 14.2. The number of nitrogens with one attached hydrogen (secondary N) is 2. The number of anilines is 2. The number of nitrogens with zero attached hydrogens (tertiary/aromatic N) is 1. The van der Waals surface area contributed by atoms with E-state index in [-0.39, 0.29) is 11.4 Å². The summed E-state index contributed by atoms with van der Waals surface area (Å²) in [6.45, 7) is 0.743. The first kappa shape index (κ1) is 23.3. The fourth-order valence-corrected chi connectivity index (χ4v) is 4.57. The number of ether oxygens (including phenoxy) is 3. The minimum absolute atomic E-state index is 0.232. The molecule has 0 saturated heterocycles. The van der Waals surface area contributed by atoms with Crippen molar-refractivity contribution >= 4 is 32.4 Å². The molecule has 178 valence electrons. The lowest BCUT2D eigenvalue weighted by molar-refractivity contribution is 0.147. The molecule has 0 aliphatic carbocycles. The lowest BCUT2D eigenvalue weighted by atomic mass is 10.0. The van der Waals surface area contributed by atoms with E-state index in [0.29, 0.717) is 35.7 Å². The van der Waals surface area contributed by atoms with Gasteiger partial charge in [-0.05, 0) is 47.5 Å². The SMILES string of the molecule is COCCOc1cc(-c2ccc(NS(=O)(=O)c3cc(OC)ccc3F)cc2)cc2[nH]nc(N)c12. The molecule has 1 heterocycles. The molecule has 11 heteroatoms. The average molecular weight is 487 g/mol. The molecule has 3 aromatic carbocycles. The monoisotopic (exact) mass is 486 g/mol. The number of nitrogens with two attached hydrogens (primary N) is 1. The Kier molecular flexibility index (Phi) is 6.57. The molecule has 0 unspecified atom stereocenters. The Balaban J connectivity index is 1.61. The molecule has 4 rings (SSSR count). The van der Waals surface area contributed by atoms with Crippen molar-refractivity contribution in [2.75, 3.05) is 37.9 Å². The summed E-state index contributed by atoms with van der Waals surface area (Å²) in [4.78, 5) is -0.504. The summed E-state index contributed by atoms with van der Waals surface area (Å²) in [5.41, 5.74) is 8.54. The summed E-state index contributed by atoms with van der Waals surface area (Å²) in [6, 6.07) is 13.9. The molecule has 4 aromatic rings. The van der Waals surface area contributed by atoms with Gasteiger partial charge >= 0.3 is 0 Å². The van der Waals surface area contributed by atoms with E-state index in [4.69, 9.17) is 19.9 Å². The standard InChI is InChI=1S/C23H23FN4O5S/c1-31-9-10-33-20-12-15(11-19-22(20)23(25)27-26-19)14-3-5-16(6-4-14)28-34(29,30)21-13-17(32-2)7-8-18(21)24/h3-8,11-13,28H,9-10H2,1-2H3,(H3,25,26,27). The Morgan fingerprint density at radius 3 is 2.50 bits per heavy atom. The van der Waals surface area contributed by atoms with Gasteiger partial charge in [-0.1, -0.05) is 12.1 Å². The van der Waals surface area contributed by atoms with E-state index < -0.39 is 20.7 Å². The zero-order valence-corrected chi connectivity index (χ0v) is 19.3. The normalized spacial score (nSPS) is 11.5. The van der Waals surface area contributed by atoms with Crippen LogP contribution in [0.4, 0.5) is 15.9 Å². The van der Waals surface area contributed by atoms with Crippen LogP contribution in [0.2, 0.25) is 0 Å². The van der Waals surface area contributed by atoms with Crippen LogP contribution in [0, 0.1) is 5.82 Å². The highest BCUT2D eigenvalue weighted by Crippen LogP contribution is 2.35. The van der Waals surface area contributed by atoms with Crippen molar-refractivity contribution in [1.29, 1.82) is 0 Å². The highest BCUT2D eigenvalue weighted by Gasteiger charge is 2.20. The molecule has 0 amide bonds. The van der Waals surface area contributed by atoms with Crippen molar-refractivity contribution in [3.05, 3.63) is 60.4 Å². The number of aromatic nitrogens is 2. The second-order valence-electron chi connectivity index (χ2n) is 7.33. The molecule has 1 aromatic heterocycles. The Hall–Kier alpha value is -3.83. The topological polar surface area (TPSA) is 129 Å². The van der Waals surface area contributed by atoms with E-state index in [1.807, 2.05) is 12.1 Å². The zero-order valence-electron chi connectivity index (χ0n) is 18.5. The van der Waals surface area contributed by atoms with Crippen molar-refractivity contribution in [2.24, 2.45) is 0 Å². The molecule has 0 bridgehead atoms. The lowest BCUT2D eigenvalue weighted by Gasteiger charge is -2.12. The zero-order chi connectivity index (χ0) is 24.3. The number of methoxy groups -OCH3 is 2. The summed E-state index contributed by atoms with van der Waals surface area (Å²) < 4.78 is 57.8. The van der Waals surface area contributed by atoms with Gasteiger partial charge in [0.2, 0.25) is 0 Å². The molecule has 0 spiro atoms. The molecule has 4 N–H and O–H groups in total. The highest BCUT2D eigenvalue weighted by atomic mass is 32.2. The number of rotatable bonds is 9. The van der Waals surface area contributed by atoms with Crippen molar-refractivity contribution in [3.63, 3.8) is 0 Å². The van der Waals surface area contributed by atoms with Gasteiger partial charge in [-0.3, -0.25) is 9.82 Å². The molecular weight excluding hydrogens is 463 g/mol. The quantitative estimate of drug-likeness (QED) is 0.307. The molecule has 9 nitrogen and oxygen atoms in total. The first-order valence-corrected chi connectivity index (χ1v) is 11.7. The van der Waals surface area contributed by atoms with E-state index in [1.165, 1.54) is 13.2 Å². The van der Waals surface area contributed by atoms with Crippen LogP contribution in [0.25, 0.3) is 22.0 Å². The number of nitrogen functional groups attached to an aromatic ring is 1. The summed E-state index contributed by atoms with van der Waals surface area (Å²) in [7, 11) is -1.21. The summed E-state index contributed by atoms with van der Waals surface area (Å²) >= 11 is 0. The number of hydrogen-bond acceptors (Lipinski definition) is 7. The minimum atomic E-state index is -4.16. The fourth-order valence-electron chi connectivity index (χ4n) is 3.42. The van der Waals surface area contributed by atoms with Crippen molar-refractivity contribution < 1.29 is 27.0 Å². The van der Waals surface area contributed by atoms with E-state index >= 15 is 0 Å². The molecule has 0 atom stereocenters. The van der Waals surface area contributed by atoms with E-state index in [2.05, 4.69) is 14.9 Å². The van der Waals surface area contributed by atoms with E-state index in [0.717, 1.165) is 23.3 Å². The van der Waals surface area contributed by atoms with Gasteiger partial charge in [-0.15, -0.1) is 0 Å². The molecule has 0 aliphatic heterocycles. The van der Waals surface area contributed by atoms with Crippen LogP contribution < -0.4 is 19.9 Å². The van der Waals surface area contributed by atoms with Gasteiger partial charge in [0.25, 0.3) is 10.0 Å². The van der Waals surface area contributed by atoms with E-state index in [1.54, 1.807) is 31.4 Å². The maximum absolute atomic E-state index is 14.2. The number of aromatic amines is 1. The maximum Gasteiger partial charge on any atom is 0.264 e.